The average molecular weight is 351 g/mol. The van der Waals surface area contributed by atoms with E-state index in [1.807, 2.05) is 11.3 Å². The van der Waals surface area contributed by atoms with Gasteiger partial charge in [0.2, 0.25) is 0 Å². The fourth-order valence-electron chi connectivity index (χ4n) is 2.58. The van der Waals surface area contributed by atoms with Gasteiger partial charge in [0.05, 0.1) is 0 Å². The lowest BCUT2D eigenvalue weighted by Gasteiger charge is -2.18. The molecule has 0 atom stereocenters. The second-order valence-electron chi connectivity index (χ2n) is 5.21. The largest absolute Gasteiger partial charge is 0.380 e. The Hall–Kier alpha value is -1.00. The van der Waals surface area contributed by atoms with Crippen molar-refractivity contribution in [2.75, 3.05) is 23.3 Å². The summed E-state index contributed by atoms with van der Waals surface area (Å²) in [4.78, 5) is 5.17. The highest BCUT2D eigenvalue weighted by Crippen LogP contribution is 2.28. The third-order valence-corrected chi connectivity index (χ3v) is 5.83. The van der Waals surface area contributed by atoms with Crippen LogP contribution in [0.15, 0.2) is 34.8 Å². The molecule has 1 saturated heterocycles. The number of benzene rings is 1. The second-order valence-corrected chi connectivity index (χ2v) is 7.41. The number of halogens is 1. The predicted octanol–water partition coefficient (Wildman–Crippen LogP) is 5.03. The van der Waals surface area contributed by atoms with E-state index < -0.39 is 0 Å². The van der Waals surface area contributed by atoms with Gasteiger partial charge in [-0.2, -0.15) is 0 Å². The Balaban J connectivity index is 1.66. The average Bonchev–Trinajstić information content (AvgIpc) is 3.08. The summed E-state index contributed by atoms with van der Waals surface area (Å²) in [5, 5.41) is 3.53. The van der Waals surface area contributed by atoms with Crippen LogP contribution in [0, 0.1) is 6.92 Å². The van der Waals surface area contributed by atoms with Crippen molar-refractivity contribution in [1.82, 2.24) is 0 Å². The fraction of sp³-hybridized carbons (Fsp3) is 0.375. The molecule has 1 aliphatic rings. The zero-order valence-corrected chi connectivity index (χ0v) is 14.1. The van der Waals surface area contributed by atoms with Gasteiger partial charge in [-0.05, 0) is 60.0 Å². The molecule has 1 aromatic heterocycles. The van der Waals surface area contributed by atoms with Crippen LogP contribution in [0.25, 0.3) is 0 Å². The minimum atomic E-state index is 0.889. The van der Waals surface area contributed by atoms with E-state index in [1.165, 1.54) is 51.5 Å². The van der Waals surface area contributed by atoms with E-state index in [-0.39, 0.29) is 0 Å². The molecule has 3 rings (SSSR count). The number of rotatable bonds is 4. The van der Waals surface area contributed by atoms with Crippen molar-refractivity contribution in [3.05, 3.63) is 44.6 Å². The minimum absolute atomic E-state index is 0.889. The molecule has 20 heavy (non-hydrogen) atoms. The number of hydrogen-bond donors (Lipinski definition) is 1. The van der Waals surface area contributed by atoms with Crippen LogP contribution in [0.4, 0.5) is 11.4 Å². The van der Waals surface area contributed by atoms with Crippen molar-refractivity contribution >= 4 is 38.6 Å². The van der Waals surface area contributed by atoms with E-state index >= 15 is 0 Å². The molecule has 0 aliphatic carbocycles. The Kier molecular flexibility index (Phi) is 4.32. The molecule has 0 bridgehead atoms. The van der Waals surface area contributed by atoms with E-state index in [9.17, 15) is 0 Å². The zero-order valence-electron chi connectivity index (χ0n) is 11.7. The normalized spacial score (nSPS) is 14.8. The topological polar surface area (TPSA) is 15.3 Å². The zero-order chi connectivity index (χ0) is 13.9. The lowest BCUT2D eigenvalue weighted by molar-refractivity contribution is 0.949. The summed E-state index contributed by atoms with van der Waals surface area (Å²) >= 11 is 5.42. The quantitative estimate of drug-likeness (QED) is 0.831. The van der Waals surface area contributed by atoms with E-state index in [4.69, 9.17) is 0 Å². The maximum atomic E-state index is 3.57. The summed E-state index contributed by atoms with van der Waals surface area (Å²) in [5.41, 5.74) is 2.55. The highest BCUT2D eigenvalue weighted by molar-refractivity contribution is 9.10. The SMILES string of the molecule is Cc1sc(CNc2cccc(N3CCCC3)c2)cc1Br. The second kappa shape index (κ2) is 6.19. The minimum Gasteiger partial charge on any atom is -0.380 e. The summed E-state index contributed by atoms with van der Waals surface area (Å²) < 4.78 is 1.21. The number of nitrogens with zero attached hydrogens (tertiary/aromatic N) is 1. The van der Waals surface area contributed by atoms with Gasteiger partial charge in [-0.25, -0.2) is 0 Å². The third-order valence-electron chi connectivity index (χ3n) is 3.69. The molecule has 1 fully saturated rings. The van der Waals surface area contributed by atoms with Gasteiger partial charge in [0.25, 0.3) is 0 Å². The summed E-state index contributed by atoms with van der Waals surface area (Å²) in [6.07, 6.45) is 2.64. The number of thiophene rings is 1. The van der Waals surface area contributed by atoms with Gasteiger partial charge in [0, 0.05) is 45.2 Å². The van der Waals surface area contributed by atoms with Crippen molar-refractivity contribution in [1.29, 1.82) is 0 Å². The number of anilines is 2. The Morgan fingerprint density at radius 1 is 1.25 bits per heavy atom. The van der Waals surface area contributed by atoms with Crippen LogP contribution in [0.2, 0.25) is 0 Å². The monoisotopic (exact) mass is 350 g/mol. The van der Waals surface area contributed by atoms with Crippen molar-refractivity contribution < 1.29 is 0 Å². The van der Waals surface area contributed by atoms with Crippen molar-refractivity contribution in [2.45, 2.75) is 26.3 Å². The van der Waals surface area contributed by atoms with Crippen molar-refractivity contribution in [2.24, 2.45) is 0 Å². The van der Waals surface area contributed by atoms with Crippen LogP contribution < -0.4 is 10.2 Å². The number of nitrogens with one attached hydrogen (secondary N) is 1. The van der Waals surface area contributed by atoms with Gasteiger partial charge in [-0.15, -0.1) is 11.3 Å². The smallest absolute Gasteiger partial charge is 0.0494 e. The van der Waals surface area contributed by atoms with Crippen LogP contribution in [-0.2, 0) is 6.54 Å². The molecular weight excluding hydrogens is 332 g/mol. The standard InChI is InChI=1S/C16H19BrN2S/c1-12-16(17)10-15(20-12)11-18-13-5-4-6-14(9-13)19-7-2-3-8-19/h4-6,9-10,18H,2-3,7-8,11H2,1H3. The first-order valence-electron chi connectivity index (χ1n) is 7.06. The lowest BCUT2D eigenvalue weighted by atomic mass is 10.2. The first kappa shape index (κ1) is 14.0. The van der Waals surface area contributed by atoms with Crippen LogP contribution >= 0.6 is 27.3 Å². The molecule has 1 aliphatic heterocycles. The molecular formula is C16H19BrN2S. The number of aryl methyl sites for hydroxylation is 1. The summed E-state index contributed by atoms with van der Waals surface area (Å²) in [6, 6.07) is 11.0. The Labute approximate surface area is 132 Å². The molecule has 2 nitrogen and oxygen atoms in total. The molecule has 0 amide bonds. The molecule has 4 heteroatoms. The molecule has 106 valence electrons. The molecule has 1 N–H and O–H groups in total. The van der Waals surface area contributed by atoms with Crippen LogP contribution in [0.5, 0.6) is 0 Å². The maximum Gasteiger partial charge on any atom is 0.0494 e. The fourth-order valence-corrected chi connectivity index (χ4v) is 4.12. The Morgan fingerprint density at radius 2 is 2.05 bits per heavy atom. The van der Waals surface area contributed by atoms with E-state index in [0.29, 0.717) is 0 Å². The van der Waals surface area contributed by atoms with Crippen LogP contribution in [-0.4, -0.2) is 13.1 Å². The number of hydrogen-bond acceptors (Lipinski definition) is 3. The van der Waals surface area contributed by atoms with Crippen molar-refractivity contribution in [3.8, 4) is 0 Å². The summed E-state index contributed by atoms with van der Waals surface area (Å²) in [5.74, 6) is 0. The molecule has 2 aromatic rings. The third kappa shape index (κ3) is 3.18. The highest BCUT2D eigenvalue weighted by atomic mass is 79.9. The van der Waals surface area contributed by atoms with Crippen molar-refractivity contribution in [3.63, 3.8) is 0 Å². The first-order chi connectivity index (χ1) is 9.72. The van der Waals surface area contributed by atoms with Crippen LogP contribution in [0.3, 0.4) is 0 Å². The molecule has 0 saturated carbocycles. The van der Waals surface area contributed by atoms with E-state index in [0.717, 1.165) is 6.54 Å². The predicted molar refractivity (Wildman–Crippen MR) is 92.0 cm³/mol. The van der Waals surface area contributed by atoms with Gasteiger partial charge >= 0.3 is 0 Å². The highest BCUT2D eigenvalue weighted by Gasteiger charge is 2.12. The van der Waals surface area contributed by atoms with E-state index in [2.05, 4.69) is 63.4 Å². The van der Waals surface area contributed by atoms with Gasteiger partial charge in [0.15, 0.2) is 0 Å². The molecule has 0 radical (unpaired) electrons. The Bertz CT molecular complexity index is 568. The van der Waals surface area contributed by atoms with Gasteiger partial charge in [-0.3, -0.25) is 0 Å². The van der Waals surface area contributed by atoms with Gasteiger partial charge in [0.1, 0.15) is 0 Å². The Morgan fingerprint density at radius 3 is 2.75 bits per heavy atom. The van der Waals surface area contributed by atoms with Gasteiger partial charge in [-0.1, -0.05) is 6.07 Å². The summed E-state index contributed by atoms with van der Waals surface area (Å²) in [6.45, 7) is 5.42. The molecule has 0 spiro atoms. The molecule has 1 aromatic carbocycles. The van der Waals surface area contributed by atoms with Crippen LogP contribution in [0.1, 0.15) is 22.6 Å². The summed E-state index contributed by atoms with van der Waals surface area (Å²) in [7, 11) is 0. The van der Waals surface area contributed by atoms with Gasteiger partial charge < -0.3 is 10.2 Å². The lowest BCUT2D eigenvalue weighted by Crippen LogP contribution is -2.17. The van der Waals surface area contributed by atoms with E-state index in [1.54, 1.807) is 0 Å². The molecule has 2 heterocycles. The maximum absolute atomic E-state index is 3.57. The first-order valence-corrected chi connectivity index (χ1v) is 8.67. The molecule has 0 unspecified atom stereocenters.